The zero-order chi connectivity index (χ0) is 15.1. The Morgan fingerprint density at radius 3 is 2.21 bits per heavy atom. The van der Waals surface area contributed by atoms with Gasteiger partial charge in [0.2, 0.25) is 5.91 Å². The molecule has 0 saturated carbocycles. The first kappa shape index (κ1) is 17.7. The van der Waals surface area contributed by atoms with Crippen LogP contribution in [0.25, 0.3) is 0 Å². The van der Waals surface area contributed by atoms with Gasteiger partial charge in [-0.1, -0.05) is 0 Å². The second-order valence-electron chi connectivity index (χ2n) is 5.57. The quantitative estimate of drug-likeness (QED) is 0.675. The Labute approximate surface area is 115 Å². The SMILES string of the molecule is CCNC(=O)C(C)NC(C)CNC(=O)OC(C)(C)C. The number of ether oxygens (including phenoxy) is 1. The number of likely N-dealkylation sites (N-methyl/N-ethyl adjacent to an activating group) is 1. The van der Waals surface area contributed by atoms with Crippen LogP contribution >= 0.6 is 0 Å². The van der Waals surface area contributed by atoms with Crippen molar-refractivity contribution < 1.29 is 14.3 Å². The van der Waals surface area contributed by atoms with Gasteiger partial charge >= 0.3 is 6.09 Å². The van der Waals surface area contributed by atoms with Crippen LogP contribution in [0.1, 0.15) is 41.5 Å². The van der Waals surface area contributed by atoms with Gasteiger partial charge in [-0.05, 0) is 41.5 Å². The summed E-state index contributed by atoms with van der Waals surface area (Å²) in [5.74, 6) is -0.0494. The minimum absolute atomic E-state index is 0.0230. The molecule has 0 aromatic rings. The Bertz CT molecular complexity index is 300. The van der Waals surface area contributed by atoms with E-state index in [1.807, 2.05) is 34.6 Å². The van der Waals surface area contributed by atoms with E-state index in [9.17, 15) is 9.59 Å². The van der Waals surface area contributed by atoms with E-state index in [-0.39, 0.29) is 18.0 Å². The maximum Gasteiger partial charge on any atom is 0.407 e. The van der Waals surface area contributed by atoms with Gasteiger partial charge in [-0.15, -0.1) is 0 Å². The van der Waals surface area contributed by atoms with Crippen LogP contribution in [0.3, 0.4) is 0 Å². The van der Waals surface area contributed by atoms with Gasteiger partial charge in [-0.2, -0.15) is 0 Å². The van der Waals surface area contributed by atoms with Crippen LogP contribution in [-0.2, 0) is 9.53 Å². The molecule has 0 rings (SSSR count). The van der Waals surface area contributed by atoms with E-state index in [4.69, 9.17) is 4.74 Å². The van der Waals surface area contributed by atoms with Crippen molar-refractivity contribution in [1.29, 1.82) is 0 Å². The molecule has 0 aliphatic rings. The lowest BCUT2D eigenvalue weighted by Crippen LogP contribution is -2.49. The minimum atomic E-state index is -0.505. The number of carbonyl (C=O) groups is 2. The third-order valence-electron chi connectivity index (χ3n) is 2.23. The molecule has 2 unspecified atom stereocenters. The fourth-order valence-corrected chi connectivity index (χ4v) is 1.44. The summed E-state index contributed by atoms with van der Waals surface area (Å²) in [7, 11) is 0. The monoisotopic (exact) mass is 273 g/mol. The molecule has 0 spiro atoms. The summed E-state index contributed by atoms with van der Waals surface area (Å²) in [6.45, 7) is 12.0. The molecular weight excluding hydrogens is 246 g/mol. The van der Waals surface area contributed by atoms with E-state index in [0.717, 1.165) is 0 Å². The van der Waals surface area contributed by atoms with Crippen molar-refractivity contribution in [3.8, 4) is 0 Å². The Balaban J connectivity index is 3.95. The van der Waals surface area contributed by atoms with Crippen molar-refractivity contribution >= 4 is 12.0 Å². The maximum atomic E-state index is 11.5. The zero-order valence-corrected chi connectivity index (χ0v) is 12.8. The molecule has 6 nitrogen and oxygen atoms in total. The van der Waals surface area contributed by atoms with Crippen molar-refractivity contribution in [3.63, 3.8) is 0 Å². The van der Waals surface area contributed by atoms with Crippen LogP contribution in [-0.4, -0.2) is 42.8 Å². The van der Waals surface area contributed by atoms with Crippen LogP contribution in [0.2, 0.25) is 0 Å². The molecular formula is C13H27N3O3. The second-order valence-corrected chi connectivity index (χ2v) is 5.57. The van der Waals surface area contributed by atoms with E-state index in [1.165, 1.54) is 0 Å². The Morgan fingerprint density at radius 1 is 1.16 bits per heavy atom. The molecule has 0 bridgehead atoms. The smallest absolute Gasteiger partial charge is 0.407 e. The molecule has 3 N–H and O–H groups in total. The number of amides is 2. The highest BCUT2D eigenvalue weighted by atomic mass is 16.6. The van der Waals surface area contributed by atoms with Gasteiger partial charge in [0.25, 0.3) is 0 Å². The molecule has 0 fully saturated rings. The highest BCUT2D eigenvalue weighted by Gasteiger charge is 2.18. The summed E-state index contributed by atoms with van der Waals surface area (Å²) in [6.07, 6.45) is -0.452. The van der Waals surface area contributed by atoms with Gasteiger partial charge in [0.05, 0.1) is 6.04 Å². The third-order valence-corrected chi connectivity index (χ3v) is 2.23. The fourth-order valence-electron chi connectivity index (χ4n) is 1.44. The number of nitrogens with one attached hydrogen (secondary N) is 3. The molecule has 112 valence electrons. The summed E-state index contributed by atoms with van der Waals surface area (Å²) in [6, 6.07) is -0.319. The molecule has 0 heterocycles. The number of hydrogen-bond acceptors (Lipinski definition) is 4. The Hall–Kier alpha value is -1.30. The van der Waals surface area contributed by atoms with Gasteiger partial charge in [0.15, 0.2) is 0 Å². The first-order chi connectivity index (χ1) is 8.65. The van der Waals surface area contributed by atoms with Crippen molar-refractivity contribution in [1.82, 2.24) is 16.0 Å². The second kappa shape index (κ2) is 7.99. The predicted molar refractivity (Wildman–Crippen MR) is 75.0 cm³/mol. The zero-order valence-electron chi connectivity index (χ0n) is 12.8. The summed E-state index contributed by atoms with van der Waals surface area (Å²) >= 11 is 0. The molecule has 19 heavy (non-hydrogen) atoms. The average Bonchev–Trinajstić information content (AvgIpc) is 2.24. The summed E-state index contributed by atoms with van der Waals surface area (Å²) in [5.41, 5.74) is -0.505. The predicted octanol–water partition coefficient (Wildman–Crippen LogP) is 1.01. The van der Waals surface area contributed by atoms with Crippen LogP contribution < -0.4 is 16.0 Å². The van der Waals surface area contributed by atoms with E-state index >= 15 is 0 Å². The molecule has 0 saturated heterocycles. The first-order valence-electron chi connectivity index (χ1n) is 6.66. The maximum absolute atomic E-state index is 11.5. The highest BCUT2D eigenvalue weighted by molar-refractivity contribution is 5.81. The topological polar surface area (TPSA) is 79.5 Å². The molecule has 0 radical (unpaired) electrons. The molecule has 0 aromatic carbocycles. The molecule has 0 aliphatic heterocycles. The van der Waals surface area contributed by atoms with Crippen molar-refractivity contribution in [2.75, 3.05) is 13.1 Å². The fraction of sp³-hybridized carbons (Fsp3) is 0.846. The van der Waals surface area contributed by atoms with E-state index in [0.29, 0.717) is 13.1 Å². The number of rotatable bonds is 6. The normalized spacial score (nSPS) is 14.4. The van der Waals surface area contributed by atoms with Crippen molar-refractivity contribution in [2.45, 2.75) is 59.2 Å². The van der Waals surface area contributed by atoms with Crippen molar-refractivity contribution in [3.05, 3.63) is 0 Å². The third kappa shape index (κ3) is 9.30. The van der Waals surface area contributed by atoms with E-state index in [2.05, 4.69) is 16.0 Å². The molecule has 0 aromatic heterocycles. The molecule has 6 heteroatoms. The van der Waals surface area contributed by atoms with Crippen LogP contribution in [0.5, 0.6) is 0 Å². The molecule has 0 aliphatic carbocycles. The van der Waals surface area contributed by atoms with Gasteiger partial charge in [-0.3, -0.25) is 4.79 Å². The van der Waals surface area contributed by atoms with Gasteiger partial charge in [-0.25, -0.2) is 4.79 Å². The minimum Gasteiger partial charge on any atom is -0.444 e. The molecule has 2 atom stereocenters. The lowest BCUT2D eigenvalue weighted by atomic mass is 10.2. The lowest BCUT2D eigenvalue weighted by Gasteiger charge is -2.22. The van der Waals surface area contributed by atoms with E-state index in [1.54, 1.807) is 6.92 Å². The summed E-state index contributed by atoms with van der Waals surface area (Å²) in [5, 5.41) is 8.49. The molecule has 2 amide bonds. The number of hydrogen-bond donors (Lipinski definition) is 3. The van der Waals surface area contributed by atoms with Crippen molar-refractivity contribution in [2.24, 2.45) is 0 Å². The Kier molecular flexibility index (Phi) is 7.44. The summed E-state index contributed by atoms with van der Waals surface area (Å²) in [4.78, 5) is 23.0. The largest absolute Gasteiger partial charge is 0.444 e. The average molecular weight is 273 g/mol. The summed E-state index contributed by atoms with van der Waals surface area (Å²) < 4.78 is 5.12. The Morgan fingerprint density at radius 2 is 1.74 bits per heavy atom. The lowest BCUT2D eigenvalue weighted by molar-refractivity contribution is -0.122. The van der Waals surface area contributed by atoms with Gasteiger partial charge < -0.3 is 20.7 Å². The number of alkyl carbamates (subject to hydrolysis) is 1. The van der Waals surface area contributed by atoms with Gasteiger partial charge in [0, 0.05) is 19.1 Å². The number of carbonyl (C=O) groups excluding carboxylic acids is 2. The highest BCUT2D eigenvalue weighted by Crippen LogP contribution is 2.06. The van der Waals surface area contributed by atoms with Crippen LogP contribution in [0.4, 0.5) is 4.79 Å². The van der Waals surface area contributed by atoms with Crippen LogP contribution in [0.15, 0.2) is 0 Å². The van der Waals surface area contributed by atoms with Gasteiger partial charge in [0.1, 0.15) is 5.60 Å². The van der Waals surface area contributed by atoms with E-state index < -0.39 is 11.7 Å². The standard InChI is InChI=1S/C13H27N3O3/c1-7-14-11(17)10(3)16-9(2)8-15-12(18)19-13(4,5)6/h9-10,16H,7-8H2,1-6H3,(H,14,17)(H,15,18). The first-order valence-corrected chi connectivity index (χ1v) is 6.66. The van der Waals surface area contributed by atoms with Crippen LogP contribution in [0, 0.1) is 0 Å².